The van der Waals surface area contributed by atoms with Gasteiger partial charge in [-0.3, -0.25) is 24.5 Å². The summed E-state index contributed by atoms with van der Waals surface area (Å²) in [7, 11) is 0. The molecule has 0 spiro atoms. The number of aliphatic carboxylic acids is 1. The fourth-order valence-corrected chi connectivity index (χ4v) is 2.03. The van der Waals surface area contributed by atoms with Crippen molar-refractivity contribution in [2.24, 2.45) is 0 Å². The van der Waals surface area contributed by atoms with Crippen molar-refractivity contribution in [1.29, 1.82) is 0 Å². The molecule has 1 saturated heterocycles. The molecule has 7 nitrogen and oxygen atoms in total. The number of piperazine rings is 1. The zero-order chi connectivity index (χ0) is 14.4. The molecule has 0 radical (unpaired) electrons. The minimum Gasteiger partial charge on any atom is -0.481 e. The van der Waals surface area contributed by atoms with Gasteiger partial charge >= 0.3 is 5.97 Å². The molecule has 1 unspecified atom stereocenters. The molecular formula is C12H18N2O5. The van der Waals surface area contributed by atoms with Gasteiger partial charge < -0.3 is 10.0 Å². The minimum absolute atomic E-state index is 0.0178. The second-order valence-corrected chi connectivity index (χ2v) is 4.46. The summed E-state index contributed by atoms with van der Waals surface area (Å²) in [4.78, 5) is 46.4. The SMILES string of the molecule is CCC1C(=O)NC(=O)CN1C(=O)CCCCC(=O)O. The van der Waals surface area contributed by atoms with E-state index in [-0.39, 0.29) is 25.3 Å². The molecule has 106 valence electrons. The highest BCUT2D eigenvalue weighted by Crippen LogP contribution is 2.12. The largest absolute Gasteiger partial charge is 0.481 e. The Kier molecular flexibility index (Phi) is 5.47. The van der Waals surface area contributed by atoms with Crippen molar-refractivity contribution < 1.29 is 24.3 Å². The summed E-state index contributed by atoms with van der Waals surface area (Å²) < 4.78 is 0. The summed E-state index contributed by atoms with van der Waals surface area (Å²) in [6, 6.07) is -0.607. The first-order valence-corrected chi connectivity index (χ1v) is 6.30. The average Bonchev–Trinajstić information content (AvgIpc) is 2.33. The van der Waals surface area contributed by atoms with E-state index < -0.39 is 23.8 Å². The molecular weight excluding hydrogens is 252 g/mol. The van der Waals surface area contributed by atoms with Crippen LogP contribution >= 0.6 is 0 Å². The molecule has 1 aliphatic heterocycles. The molecule has 1 fully saturated rings. The maximum Gasteiger partial charge on any atom is 0.303 e. The average molecular weight is 270 g/mol. The number of hydrogen-bond acceptors (Lipinski definition) is 4. The molecule has 0 bridgehead atoms. The molecule has 1 aliphatic rings. The molecule has 7 heteroatoms. The molecule has 0 aliphatic carbocycles. The smallest absolute Gasteiger partial charge is 0.303 e. The lowest BCUT2D eigenvalue weighted by molar-refractivity contribution is -0.150. The molecule has 0 saturated carbocycles. The topological polar surface area (TPSA) is 104 Å². The standard InChI is InChI=1S/C12H18N2O5/c1-2-8-12(19)13-9(15)7-14(8)10(16)5-3-4-6-11(17)18/h8H,2-7H2,1H3,(H,17,18)(H,13,15,19). The first kappa shape index (κ1) is 15.1. The number of unbranched alkanes of at least 4 members (excludes halogenated alkanes) is 1. The zero-order valence-corrected chi connectivity index (χ0v) is 10.8. The number of rotatable bonds is 6. The van der Waals surface area contributed by atoms with Crippen molar-refractivity contribution in [2.75, 3.05) is 6.54 Å². The molecule has 1 atom stereocenters. The van der Waals surface area contributed by atoms with Crippen LogP contribution in [0.1, 0.15) is 39.0 Å². The lowest BCUT2D eigenvalue weighted by atomic mass is 10.1. The van der Waals surface area contributed by atoms with Crippen LogP contribution in [0, 0.1) is 0 Å². The number of carbonyl (C=O) groups is 4. The third kappa shape index (κ3) is 4.35. The van der Waals surface area contributed by atoms with Crippen LogP contribution in [-0.2, 0) is 19.2 Å². The van der Waals surface area contributed by atoms with Crippen LogP contribution in [0.25, 0.3) is 0 Å². The van der Waals surface area contributed by atoms with Gasteiger partial charge in [0.05, 0.1) is 0 Å². The van der Waals surface area contributed by atoms with Crippen LogP contribution in [0.2, 0.25) is 0 Å². The van der Waals surface area contributed by atoms with E-state index in [1.54, 1.807) is 6.92 Å². The Labute approximate surface area is 110 Å². The fraction of sp³-hybridized carbons (Fsp3) is 0.667. The van der Waals surface area contributed by atoms with E-state index in [4.69, 9.17) is 5.11 Å². The van der Waals surface area contributed by atoms with E-state index >= 15 is 0 Å². The van der Waals surface area contributed by atoms with Crippen LogP contribution in [0.4, 0.5) is 0 Å². The Hall–Kier alpha value is -1.92. The van der Waals surface area contributed by atoms with E-state index in [2.05, 4.69) is 5.32 Å². The Balaban J connectivity index is 2.50. The number of imide groups is 1. The number of nitrogens with zero attached hydrogens (tertiary/aromatic N) is 1. The van der Waals surface area contributed by atoms with Gasteiger partial charge in [-0.05, 0) is 19.3 Å². The van der Waals surface area contributed by atoms with Crippen LogP contribution in [0.5, 0.6) is 0 Å². The van der Waals surface area contributed by atoms with Gasteiger partial charge in [0.1, 0.15) is 12.6 Å². The van der Waals surface area contributed by atoms with Crippen LogP contribution in [0.3, 0.4) is 0 Å². The van der Waals surface area contributed by atoms with Crippen molar-refractivity contribution in [3.05, 3.63) is 0 Å². The summed E-state index contributed by atoms with van der Waals surface area (Å²) in [5, 5.41) is 10.7. The summed E-state index contributed by atoms with van der Waals surface area (Å²) in [5.74, 6) is -2.10. The number of carboxylic acid groups (broad SMARTS) is 1. The summed E-state index contributed by atoms with van der Waals surface area (Å²) in [5.41, 5.74) is 0. The first-order chi connectivity index (χ1) is 8.95. The maximum absolute atomic E-state index is 11.9. The van der Waals surface area contributed by atoms with Crippen molar-refractivity contribution in [3.63, 3.8) is 0 Å². The molecule has 1 rings (SSSR count). The van der Waals surface area contributed by atoms with Crippen molar-refractivity contribution in [3.8, 4) is 0 Å². The van der Waals surface area contributed by atoms with Gasteiger partial charge in [-0.2, -0.15) is 0 Å². The molecule has 0 aromatic rings. The van der Waals surface area contributed by atoms with Gasteiger partial charge in [0.25, 0.3) is 0 Å². The second kappa shape index (κ2) is 6.86. The number of amides is 3. The third-order valence-electron chi connectivity index (χ3n) is 2.99. The Morgan fingerprint density at radius 3 is 2.53 bits per heavy atom. The predicted octanol–water partition coefficient (Wildman–Crippen LogP) is -0.105. The van der Waals surface area contributed by atoms with Crippen LogP contribution in [-0.4, -0.2) is 46.3 Å². The van der Waals surface area contributed by atoms with Crippen LogP contribution < -0.4 is 5.32 Å². The van der Waals surface area contributed by atoms with E-state index in [1.165, 1.54) is 4.90 Å². The van der Waals surface area contributed by atoms with Crippen molar-refractivity contribution in [1.82, 2.24) is 10.2 Å². The lowest BCUT2D eigenvalue weighted by Crippen LogP contribution is -2.59. The van der Waals surface area contributed by atoms with E-state index in [0.717, 1.165) is 0 Å². The second-order valence-electron chi connectivity index (χ2n) is 4.46. The van der Waals surface area contributed by atoms with E-state index in [0.29, 0.717) is 19.3 Å². The van der Waals surface area contributed by atoms with Crippen LogP contribution in [0.15, 0.2) is 0 Å². The zero-order valence-electron chi connectivity index (χ0n) is 10.8. The fourth-order valence-electron chi connectivity index (χ4n) is 2.03. The number of hydrogen-bond donors (Lipinski definition) is 2. The first-order valence-electron chi connectivity index (χ1n) is 6.30. The highest BCUT2D eigenvalue weighted by Gasteiger charge is 2.34. The van der Waals surface area contributed by atoms with Crippen molar-refractivity contribution in [2.45, 2.75) is 45.1 Å². The monoisotopic (exact) mass is 270 g/mol. The van der Waals surface area contributed by atoms with Gasteiger partial charge in [-0.1, -0.05) is 6.92 Å². The summed E-state index contributed by atoms with van der Waals surface area (Å²) in [6.07, 6.45) is 1.47. The highest BCUT2D eigenvalue weighted by atomic mass is 16.4. The van der Waals surface area contributed by atoms with Crippen molar-refractivity contribution >= 4 is 23.7 Å². The van der Waals surface area contributed by atoms with Gasteiger partial charge in [-0.25, -0.2) is 0 Å². The molecule has 1 heterocycles. The molecule has 19 heavy (non-hydrogen) atoms. The summed E-state index contributed by atoms with van der Waals surface area (Å²) in [6.45, 7) is 1.66. The van der Waals surface area contributed by atoms with E-state index in [9.17, 15) is 19.2 Å². The molecule has 2 N–H and O–H groups in total. The van der Waals surface area contributed by atoms with Gasteiger partial charge in [0.2, 0.25) is 17.7 Å². The Morgan fingerprint density at radius 2 is 1.95 bits per heavy atom. The number of nitrogens with one attached hydrogen (secondary N) is 1. The normalized spacial score (nSPS) is 19.2. The number of carbonyl (C=O) groups excluding carboxylic acids is 3. The molecule has 0 aromatic carbocycles. The minimum atomic E-state index is -0.897. The van der Waals surface area contributed by atoms with Gasteiger partial charge in [0.15, 0.2) is 0 Å². The third-order valence-corrected chi connectivity index (χ3v) is 2.99. The Morgan fingerprint density at radius 1 is 1.32 bits per heavy atom. The molecule has 3 amide bonds. The van der Waals surface area contributed by atoms with E-state index in [1.807, 2.05) is 0 Å². The lowest BCUT2D eigenvalue weighted by Gasteiger charge is -2.33. The summed E-state index contributed by atoms with van der Waals surface area (Å²) >= 11 is 0. The van der Waals surface area contributed by atoms with Gasteiger partial charge in [0, 0.05) is 12.8 Å². The number of carboxylic acids is 1. The maximum atomic E-state index is 11.9. The quantitative estimate of drug-likeness (QED) is 0.518. The Bertz CT molecular complexity index is 394. The van der Waals surface area contributed by atoms with Gasteiger partial charge in [-0.15, -0.1) is 0 Å². The predicted molar refractivity (Wildman–Crippen MR) is 65.0 cm³/mol. The molecule has 0 aromatic heterocycles. The highest BCUT2D eigenvalue weighted by molar-refractivity contribution is 6.04.